The van der Waals surface area contributed by atoms with E-state index in [0.717, 1.165) is 13.1 Å². The highest BCUT2D eigenvalue weighted by molar-refractivity contribution is 6.35. The van der Waals surface area contributed by atoms with Gasteiger partial charge in [-0.3, -0.25) is 4.79 Å². The van der Waals surface area contributed by atoms with E-state index in [1.54, 1.807) is 18.2 Å². The Morgan fingerprint density at radius 3 is 2.62 bits per heavy atom. The fourth-order valence-corrected chi connectivity index (χ4v) is 3.55. The maximum atomic E-state index is 12.2. The molecule has 0 spiro atoms. The number of benzene rings is 2. The molecule has 3 N–H and O–H groups in total. The van der Waals surface area contributed by atoms with Gasteiger partial charge < -0.3 is 16.0 Å². The number of nitrogens with zero attached hydrogens (tertiary/aromatic N) is 1. The van der Waals surface area contributed by atoms with Gasteiger partial charge in [-0.2, -0.15) is 0 Å². The van der Waals surface area contributed by atoms with E-state index < -0.39 is 0 Å². The van der Waals surface area contributed by atoms with Crippen LogP contribution in [0.5, 0.6) is 0 Å². The number of likely N-dealkylation sites (tertiary alicyclic amines) is 1. The smallest absolute Gasteiger partial charge is 0.225 e. The summed E-state index contributed by atoms with van der Waals surface area (Å²) in [5.74, 6) is 0.229. The average molecular weight is 415 g/mol. The monoisotopic (exact) mass is 413 g/mol. The van der Waals surface area contributed by atoms with Crippen molar-refractivity contribution in [1.29, 1.82) is 0 Å². The Morgan fingerprint density at radius 1 is 1.15 bits per heavy atom. The van der Waals surface area contributed by atoms with E-state index in [9.17, 15) is 4.79 Å². The fraction of sp³-hybridized carbons (Fsp3) is 0.316. The Hall–Kier alpha value is -1.30. The van der Waals surface area contributed by atoms with E-state index in [0.29, 0.717) is 34.6 Å². The van der Waals surface area contributed by atoms with Crippen LogP contribution in [-0.2, 0) is 4.79 Å². The van der Waals surface area contributed by atoms with E-state index in [1.807, 2.05) is 18.2 Å². The zero-order valence-corrected chi connectivity index (χ0v) is 16.5. The molecule has 1 amide bonds. The highest BCUT2D eigenvalue weighted by atomic mass is 35.5. The first kappa shape index (κ1) is 21.0. The summed E-state index contributed by atoms with van der Waals surface area (Å²) in [5, 5.41) is 3.83. The molecule has 1 saturated heterocycles. The minimum absolute atomic E-state index is 0. The van der Waals surface area contributed by atoms with Crippen LogP contribution in [0.3, 0.4) is 0 Å². The van der Waals surface area contributed by atoms with Crippen LogP contribution in [0.1, 0.15) is 17.9 Å². The summed E-state index contributed by atoms with van der Waals surface area (Å²) in [6.45, 7) is 2.34. The molecule has 0 aliphatic carbocycles. The van der Waals surface area contributed by atoms with Gasteiger partial charge in [-0.1, -0.05) is 53.5 Å². The molecular weight excluding hydrogens is 393 g/mol. The molecule has 7 heteroatoms. The predicted octanol–water partition coefficient (Wildman–Crippen LogP) is 4.17. The molecule has 0 unspecified atom stereocenters. The maximum absolute atomic E-state index is 12.2. The van der Waals surface area contributed by atoms with Gasteiger partial charge in [-0.25, -0.2) is 0 Å². The number of halogens is 3. The van der Waals surface area contributed by atoms with Crippen LogP contribution in [0.4, 0.5) is 5.69 Å². The summed E-state index contributed by atoms with van der Waals surface area (Å²) in [4.78, 5) is 14.4. The first-order valence-electron chi connectivity index (χ1n) is 8.30. The number of anilines is 1. The number of hydrogen-bond acceptors (Lipinski definition) is 3. The van der Waals surface area contributed by atoms with Crippen molar-refractivity contribution in [3.8, 4) is 0 Å². The molecule has 0 bridgehead atoms. The highest BCUT2D eigenvalue weighted by Gasteiger charge is 2.31. The van der Waals surface area contributed by atoms with Gasteiger partial charge in [0.1, 0.15) is 0 Å². The number of carbonyl (C=O) groups is 1. The molecule has 1 fully saturated rings. The van der Waals surface area contributed by atoms with Crippen molar-refractivity contribution >= 4 is 47.2 Å². The van der Waals surface area contributed by atoms with Gasteiger partial charge in [0, 0.05) is 43.0 Å². The van der Waals surface area contributed by atoms with E-state index in [-0.39, 0.29) is 24.4 Å². The number of hydrogen-bond donors (Lipinski definition) is 2. The molecule has 2 aromatic rings. The molecule has 4 nitrogen and oxygen atoms in total. The summed E-state index contributed by atoms with van der Waals surface area (Å²) in [6.07, 6.45) is 0.386. The Kier molecular flexibility index (Phi) is 7.74. The molecule has 0 saturated carbocycles. The molecule has 0 aromatic heterocycles. The third-order valence-corrected chi connectivity index (χ3v) is 5.09. The lowest BCUT2D eigenvalue weighted by Crippen LogP contribution is -2.30. The number of carbonyl (C=O) groups excluding carboxylic acids is 1. The van der Waals surface area contributed by atoms with Crippen molar-refractivity contribution in [3.05, 3.63) is 64.1 Å². The van der Waals surface area contributed by atoms with Gasteiger partial charge in [0.05, 0.1) is 10.7 Å². The molecule has 1 aliphatic rings. The zero-order chi connectivity index (χ0) is 17.8. The van der Waals surface area contributed by atoms with Gasteiger partial charge in [0.25, 0.3) is 0 Å². The fourth-order valence-electron chi connectivity index (χ4n) is 3.21. The molecule has 2 atom stereocenters. The topological polar surface area (TPSA) is 58.4 Å². The number of nitrogens with two attached hydrogens (primary N) is 1. The normalized spacial score (nSPS) is 19.8. The SMILES string of the molecule is Cl.N[C@@H]1CN(CCC(=O)Nc2cc(Cl)ccc2Cl)C[C@H]1c1ccccc1. The predicted molar refractivity (Wildman–Crippen MR) is 111 cm³/mol. The lowest BCUT2D eigenvalue weighted by molar-refractivity contribution is -0.116. The van der Waals surface area contributed by atoms with Gasteiger partial charge >= 0.3 is 0 Å². The third-order valence-electron chi connectivity index (χ3n) is 4.53. The Balaban J connectivity index is 0.00000243. The van der Waals surface area contributed by atoms with E-state index in [2.05, 4.69) is 22.3 Å². The van der Waals surface area contributed by atoms with Crippen LogP contribution in [0.15, 0.2) is 48.5 Å². The number of rotatable bonds is 5. The Labute approximate surface area is 170 Å². The van der Waals surface area contributed by atoms with Crippen molar-refractivity contribution in [2.24, 2.45) is 5.73 Å². The molecule has 2 aromatic carbocycles. The molecule has 0 radical (unpaired) electrons. The van der Waals surface area contributed by atoms with Crippen LogP contribution in [-0.4, -0.2) is 36.5 Å². The highest BCUT2D eigenvalue weighted by Crippen LogP contribution is 2.27. The second-order valence-electron chi connectivity index (χ2n) is 6.36. The summed E-state index contributed by atoms with van der Waals surface area (Å²) in [7, 11) is 0. The summed E-state index contributed by atoms with van der Waals surface area (Å²) in [5.41, 5.74) is 8.09. The van der Waals surface area contributed by atoms with E-state index in [4.69, 9.17) is 28.9 Å². The van der Waals surface area contributed by atoms with Crippen molar-refractivity contribution in [2.75, 3.05) is 25.0 Å². The molecule has 140 valence electrons. The lowest BCUT2D eigenvalue weighted by Gasteiger charge is -2.16. The van der Waals surface area contributed by atoms with Crippen LogP contribution in [0.2, 0.25) is 10.0 Å². The molecule has 1 aliphatic heterocycles. The molecular formula is C19H22Cl3N3O. The minimum atomic E-state index is -0.0825. The Morgan fingerprint density at radius 2 is 1.88 bits per heavy atom. The largest absolute Gasteiger partial charge is 0.326 e. The van der Waals surface area contributed by atoms with Crippen LogP contribution in [0, 0.1) is 0 Å². The van der Waals surface area contributed by atoms with Crippen LogP contribution in [0.25, 0.3) is 0 Å². The lowest BCUT2D eigenvalue weighted by atomic mass is 9.95. The average Bonchev–Trinajstić information content (AvgIpc) is 2.98. The van der Waals surface area contributed by atoms with Crippen molar-refractivity contribution in [3.63, 3.8) is 0 Å². The van der Waals surface area contributed by atoms with Crippen molar-refractivity contribution in [1.82, 2.24) is 4.90 Å². The first-order chi connectivity index (χ1) is 12.0. The summed E-state index contributed by atoms with van der Waals surface area (Å²) < 4.78 is 0. The maximum Gasteiger partial charge on any atom is 0.225 e. The summed E-state index contributed by atoms with van der Waals surface area (Å²) in [6, 6.07) is 15.4. The Bertz CT molecular complexity index is 742. The minimum Gasteiger partial charge on any atom is -0.326 e. The summed E-state index contributed by atoms with van der Waals surface area (Å²) >= 11 is 12.0. The van der Waals surface area contributed by atoms with E-state index >= 15 is 0 Å². The zero-order valence-electron chi connectivity index (χ0n) is 14.2. The molecule has 3 rings (SSSR count). The van der Waals surface area contributed by atoms with Gasteiger partial charge in [0.2, 0.25) is 5.91 Å². The van der Waals surface area contributed by atoms with Crippen molar-refractivity contribution < 1.29 is 4.79 Å². The first-order valence-corrected chi connectivity index (χ1v) is 9.06. The third kappa shape index (κ3) is 5.35. The second-order valence-corrected chi connectivity index (χ2v) is 7.21. The quantitative estimate of drug-likeness (QED) is 0.772. The van der Waals surface area contributed by atoms with Crippen molar-refractivity contribution in [2.45, 2.75) is 18.4 Å². The van der Waals surface area contributed by atoms with E-state index in [1.165, 1.54) is 5.56 Å². The van der Waals surface area contributed by atoms with Crippen LogP contribution < -0.4 is 11.1 Å². The standard InChI is InChI=1S/C19H21Cl2N3O.ClH/c20-14-6-7-16(21)18(10-14)23-19(25)8-9-24-11-15(17(22)12-24)13-4-2-1-3-5-13;/h1-7,10,15,17H,8-9,11-12,22H2,(H,23,25);1H/t15-,17+;/m0./s1. The number of nitrogens with one attached hydrogen (secondary N) is 1. The second kappa shape index (κ2) is 9.58. The van der Waals surface area contributed by atoms with Gasteiger partial charge in [-0.15, -0.1) is 12.4 Å². The molecule has 1 heterocycles. The van der Waals surface area contributed by atoms with Gasteiger partial charge in [-0.05, 0) is 23.8 Å². The van der Waals surface area contributed by atoms with Crippen LogP contribution >= 0.6 is 35.6 Å². The number of amides is 1. The van der Waals surface area contributed by atoms with Gasteiger partial charge in [0.15, 0.2) is 0 Å². The molecule has 26 heavy (non-hydrogen) atoms.